The highest BCUT2D eigenvalue weighted by atomic mass is 35.5. The van der Waals surface area contributed by atoms with E-state index in [1.54, 1.807) is 71.0 Å². The Morgan fingerprint density at radius 3 is 2.27 bits per heavy atom. The van der Waals surface area contributed by atoms with E-state index in [9.17, 15) is 34.5 Å². The van der Waals surface area contributed by atoms with E-state index in [4.69, 9.17) is 37.9 Å². The number of aliphatic hydroxyl groups excluding tert-OH is 2. The number of rotatable bonds is 12. The van der Waals surface area contributed by atoms with Crippen LogP contribution in [0, 0.1) is 17.8 Å². The van der Waals surface area contributed by atoms with Crippen LogP contribution < -0.4 is 0 Å². The van der Waals surface area contributed by atoms with E-state index in [1.165, 1.54) is 14.0 Å². The fourth-order valence-corrected chi connectivity index (χ4v) is 8.08. The molecule has 0 radical (unpaired) electrons. The van der Waals surface area contributed by atoms with Gasteiger partial charge in [-0.15, -0.1) is 12.4 Å². The van der Waals surface area contributed by atoms with Gasteiger partial charge in [0.05, 0.1) is 36.9 Å². The van der Waals surface area contributed by atoms with Gasteiger partial charge in [0, 0.05) is 39.7 Å². The summed E-state index contributed by atoms with van der Waals surface area (Å²) in [6.45, 7) is 13.5. The highest BCUT2D eigenvalue weighted by Gasteiger charge is 2.53. The lowest BCUT2D eigenvalue weighted by Gasteiger charge is -2.50. The SMILES string of the molecule is CO[C@H]1C(OC(C)=O)CC(=O)O[C@H](C)C/C=C/C=C\[C@H](O)[C@H](C)CC(CC=O)[C@@H]1O[C@@H]1O[C@H](C)[C@@H](O[C@H]2C[C@@](C)(O)[C@@H](OC(=O)CC(C)C)[C@H](C)O2)[C@H](N(C)C)[C@H]1O.Cl. The van der Waals surface area contributed by atoms with Gasteiger partial charge in [-0.25, -0.2) is 0 Å². The molecule has 2 fully saturated rings. The van der Waals surface area contributed by atoms with Crippen molar-refractivity contribution in [2.75, 3.05) is 21.2 Å². The van der Waals surface area contributed by atoms with Gasteiger partial charge in [-0.05, 0) is 66.0 Å². The fourth-order valence-electron chi connectivity index (χ4n) is 8.08. The Morgan fingerprint density at radius 1 is 1.02 bits per heavy atom. The molecule has 2 saturated heterocycles. The summed E-state index contributed by atoms with van der Waals surface area (Å²) in [5.41, 5.74) is -1.50. The van der Waals surface area contributed by atoms with Crippen LogP contribution in [0.25, 0.3) is 0 Å². The number of cyclic esters (lactones) is 1. The number of allylic oxidation sites excluding steroid dienone is 2. The molecule has 0 saturated carbocycles. The Bertz CT molecular complexity index is 1390. The van der Waals surface area contributed by atoms with Crippen LogP contribution in [0.2, 0.25) is 0 Å². The summed E-state index contributed by atoms with van der Waals surface area (Å²) in [6, 6.07) is -0.782. The molecule has 59 heavy (non-hydrogen) atoms. The van der Waals surface area contributed by atoms with Crippen molar-refractivity contribution in [1.29, 1.82) is 0 Å². The van der Waals surface area contributed by atoms with Crippen LogP contribution in [0.3, 0.4) is 0 Å². The first-order valence-corrected chi connectivity index (χ1v) is 20.4. The van der Waals surface area contributed by atoms with E-state index < -0.39 is 121 Å². The zero-order chi connectivity index (χ0) is 43.5. The minimum Gasteiger partial charge on any atom is -0.462 e. The number of aliphatic hydroxyl groups is 3. The second-order valence-electron chi connectivity index (χ2n) is 17.0. The molecular formula is C42H70ClNO15. The zero-order valence-electron chi connectivity index (χ0n) is 36.5. The Kier molecular flexibility index (Phi) is 21.6. The Balaban J connectivity index is 0.0000120. The molecule has 2 unspecified atom stereocenters. The maximum Gasteiger partial charge on any atom is 0.309 e. The molecule has 3 aliphatic heterocycles. The molecule has 3 N–H and O–H groups in total. The van der Waals surface area contributed by atoms with Crippen molar-refractivity contribution in [3.05, 3.63) is 24.3 Å². The monoisotopic (exact) mass is 863 g/mol. The van der Waals surface area contributed by atoms with Crippen LogP contribution in [0.4, 0.5) is 0 Å². The lowest BCUT2D eigenvalue weighted by Crippen LogP contribution is -2.66. The number of likely N-dealkylation sites (N-methyl/N-ethyl adjacent to an activating group) is 1. The molecule has 0 bridgehead atoms. The molecule has 3 heterocycles. The normalized spacial score (nSPS) is 40.0. The quantitative estimate of drug-likeness (QED) is 0.146. The summed E-state index contributed by atoms with van der Waals surface area (Å²) in [4.78, 5) is 52.3. The topological polar surface area (TPSA) is 206 Å². The smallest absolute Gasteiger partial charge is 0.309 e. The number of ether oxygens (including phenoxy) is 8. The van der Waals surface area contributed by atoms with Crippen LogP contribution in [-0.4, -0.2) is 151 Å². The van der Waals surface area contributed by atoms with Gasteiger partial charge in [-0.1, -0.05) is 45.1 Å². The van der Waals surface area contributed by atoms with Crippen LogP contribution in [0.5, 0.6) is 0 Å². The van der Waals surface area contributed by atoms with Gasteiger partial charge >= 0.3 is 17.9 Å². The number of carbonyl (C=O) groups excluding carboxylic acids is 4. The molecule has 3 aliphatic rings. The first kappa shape index (κ1) is 52.6. The third kappa shape index (κ3) is 15.4. The van der Waals surface area contributed by atoms with Gasteiger partial charge < -0.3 is 62.9 Å². The predicted octanol–water partition coefficient (Wildman–Crippen LogP) is 3.44. The molecule has 16 atom stereocenters. The van der Waals surface area contributed by atoms with Gasteiger partial charge in [-0.2, -0.15) is 0 Å². The highest BCUT2D eigenvalue weighted by Crippen LogP contribution is 2.38. The summed E-state index contributed by atoms with van der Waals surface area (Å²) in [7, 11) is 4.86. The molecule has 16 nitrogen and oxygen atoms in total. The molecule has 0 aromatic heterocycles. The molecule has 0 aromatic carbocycles. The minimum absolute atomic E-state index is 0. The summed E-state index contributed by atoms with van der Waals surface area (Å²) in [5.74, 6) is -2.82. The standard InChI is InChI=1S/C42H69NO15.ClH/c1-23(2)19-32(47)56-40-27(6)53-34(22-42(40,8)50)57-37-26(5)54-41(36(49)35(37)43(9)10)58-38-29(17-18-44)20-24(3)30(46)16-14-12-13-15-25(4)52-33(48)21-31(39(38)51-11)55-28(7)45;/h12-14,16,18,23-27,29-31,34-41,46,49-50H,15,17,19-22H2,1-11H3;1H/b13-12+,16-14-;/t24-,25-,26-,27+,29?,30+,31?,34+,35-,36-,37-,38+,39+,40+,41+,42-;/m1./s1. The lowest BCUT2D eigenvalue weighted by molar-refractivity contribution is -0.344. The molecule has 0 amide bonds. The maximum absolute atomic E-state index is 13.2. The average molecular weight is 864 g/mol. The second-order valence-corrected chi connectivity index (χ2v) is 17.0. The number of aldehydes is 1. The lowest BCUT2D eigenvalue weighted by atomic mass is 9.82. The van der Waals surface area contributed by atoms with Crippen LogP contribution in [0.15, 0.2) is 24.3 Å². The average Bonchev–Trinajstić information content (AvgIpc) is 3.09. The molecule has 340 valence electrons. The molecule has 3 rings (SSSR count). The van der Waals surface area contributed by atoms with Gasteiger partial charge in [0.25, 0.3) is 0 Å². The summed E-state index contributed by atoms with van der Waals surface area (Å²) in [6.07, 6.45) is -4.11. The molecule has 0 aromatic rings. The van der Waals surface area contributed by atoms with Crippen LogP contribution in [0.1, 0.15) is 93.9 Å². The number of halogens is 1. The highest BCUT2D eigenvalue weighted by molar-refractivity contribution is 5.85. The van der Waals surface area contributed by atoms with Crippen LogP contribution >= 0.6 is 12.4 Å². The first-order valence-electron chi connectivity index (χ1n) is 20.4. The number of hydrogen-bond acceptors (Lipinski definition) is 16. The van der Waals surface area contributed by atoms with E-state index in [1.807, 2.05) is 20.8 Å². The van der Waals surface area contributed by atoms with Crippen molar-refractivity contribution < 1.29 is 72.4 Å². The summed E-state index contributed by atoms with van der Waals surface area (Å²) in [5, 5.41) is 34.6. The van der Waals surface area contributed by atoms with E-state index in [0.717, 1.165) is 0 Å². The van der Waals surface area contributed by atoms with Gasteiger partial charge in [-0.3, -0.25) is 14.4 Å². The number of methoxy groups -OCH3 is 1. The van der Waals surface area contributed by atoms with Gasteiger partial charge in [0.1, 0.15) is 42.4 Å². The van der Waals surface area contributed by atoms with Crippen molar-refractivity contribution in [2.45, 2.75) is 179 Å². The third-order valence-electron chi connectivity index (χ3n) is 10.9. The second kappa shape index (κ2) is 24.2. The van der Waals surface area contributed by atoms with E-state index in [0.29, 0.717) is 12.7 Å². The Hall–Kier alpha value is -2.51. The number of carbonyl (C=O) groups is 4. The van der Waals surface area contributed by atoms with E-state index >= 15 is 0 Å². The molecule has 0 aliphatic carbocycles. The van der Waals surface area contributed by atoms with Crippen molar-refractivity contribution in [3.8, 4) is 0 Å². The number of hydrogen-bond donors (Lipinski definition) is 3. The van der Waals surface area contributed by atoms with Crippen LogP contribution in [-0.2, 0) is 57.1 Å². The number of nitrogens with zero attached hydrogens (tertiary/aromatic N) is 1. The summed E-state index contributed by atoms with van der Waals surface area (Å²) < 4.78 is 48.6. The Labute approximate surface area is 355 Å². The summed E-state index contributed by atoms with van der Waals surface area (Å²) >= 11 is 0. The van der Waals surface area contributed by atoms with Crippen molar-refractivity contribution in [2.24, 2.45) is 17.8 Å². The van der Waals surface area contributed by atoms with E-state index in [2.05, 4.69) is 0 Å². The maximum atomic E-state index is 13.2. The molecule has 17 heteroatoms. The molecular weight excluding hydrogens is 794 g/mol. The fraction of sp³-hybridized carbons (Fsp3) is 0.810. The third-order valence-corrected chi connectivity index (χ3v) is 10.9. The largest absolute Gasteiger partial charge is 0.462 e. The van der Waals surface area contributed by atoms with Crippen molar-refractivity contribution in [1.82, 2.24) is 4.90 Å². The Morgan fingerprint density at radius 2 is 1.69 bits per heavy atom. The minimum atomic E-state index is -1.50. The van der Waals surface area contributed by atoms with Crippen molar-refractivity contribution in [3.63, 3.8) is 0 Å². The van der Waals surface area contributed by atoms with Crippen molar-refractivity contribution >= 4 is 36.6 Å². The van der Waals surface area contributed by atoms with Gasteiger partial charge in [0.15, 0.2) is 18.7 Å². The van der Waals surface area contributed by atoms with E-state index in [-0.39, 0.29) is 44.0 Å². The number of esters is 3. The molecule has 0 spiro atoms. The first-order chi connectivity index (χ1) is 27.2. The predicted molar refractivity (Wildman–Crippen MR) is 217 cm³/mol. The van der Waals surface area contributed by atoms with Gasteiger partial charge in [0.2, 0.25) is 0 Å². The zero-order valence-corrected chi connectivity index (χ0v) is 37.3.